The Labute approximate surface area is 174 Å². The smallest absolute Gasteiger partial charge is 0.276 e. The molecule has 0 spiro atoms. The van der Waals surface area contributed by atoms with Crippen molar-refractivity contribution in [2.45, 2.75) is 26.4 Å². The van der Waals surface area contributed by atoms with Gasteiger partial charge >= 0.3 is 0 Å². The van der Waals surface area contributed by atoms with E-state index in [0.717, 1.165) is 47.7 Å². The van der Waals surface area contributed by atoms with Gasteiger partial charge in [0.1, 0.15) is 0 Å². The second-order valence-electron chi connectivity index (χ2n) is 7.64. The summed E-state index contributed by atoms with van der Waals surface area (Å²) in [4.78, 5) is 24.6. The van der Waals surface area contributed by atoms with E-state index in [0.29, 0.717) is 18.1 Å². The van der Waals surface area contributed by atoms with Crippen molar-refractivity contribution < 1.29 is 4.42 Å². The van der Waals surface area contributed by atoms with Crippen LogP contribution in [0.5, 0.6) is 0 Å². The van der Waals surface area contributed by atoms with E-state index in [1.807, 2.05) is 67.3 Å². The minimum absolute atomic E-state index is 0.0383. The molecule has 0 saturated carbocycles. The fourth-order valence-electron chi connectivity index (χ4n) is 4.06. The second-order valence-corrected chi connectivity index (χ2v) is 7.64. The normalized spacial score (nSPS) is 14.1. The van der Waals surface area contributed by atoms with Crippen molar-refractivity contribution in [1.82, 2.24) is 24.2 Å². The van der Waals surface area contributed by atoms with Crippen LogP contribution in [0.15, 0.2) is 64.1 Å². The van der Waals surface area contributed by atoms with E-state index < -0.39 is 0 Å². The molecular formula is C23H23N5O2. The summed E-state index contributed by atoms with van der Waals surface area (Å²) in [5, 5.41) is 0. The molecule has 0 saturated heterocycles. The van der Waals surface area contributed by atoms with Gasteiger partial charge in [-0.3, -0.25) is 14.4 Å². The van der Waals surface area contributed by atoms with Gasteiger partial charge in [-0.15, -0.1) is 0 Å². The number of rotatable bonds is 4. The molecule has 0 bridgehead atoms. The van der Waals surface area contributed by atoms with Crippen LogP contribution in [0.4, 0.5) is 0 Å². The van der Waals surface area contributed by atoms with Crippen molar-refractivity contribution in [3.05, 3.63) is 87.8 Å². The summed E-state index contributed by atoms with van der Waals surface area (Å²) in [6.07, 6.45) is 4.33. The largest absolute Gasteiger partial charge is 0.461 e. The summed E-state index contributed by atoms with van der Waals surface area (Å²) in [7, 11) is 1.93. The molecule has 30 heavy (non-hydrogen) atoms. The molecule has 0 unspecified atom stereocenters. The highest BCUT2D eigenvalue weighted by Crippen LogP contribution is 2.22. The van der Waals surface area contributed by atoms with Crippen LogP contribution in [0, 0.1) is 6.92 Å². The lowest BCUT2D eigenvalue weighted by Gasteiger charge is -2.27. The number of fused-ring (bicyclic) bond motifs is 1. The van der Waals surface area contributed by atoms with Crippen molar-refractivity contribution in [2.75, 3.05) is 6.54 Å². The molecular weight excluding hydrogens is 378 g/mol. The van der Waals surface area contributed by atoms with E-state index in [-0.39, 0.29) is 5.56 Å². The highest BCUT2D eigenvalue weighted by atomic mass is 16.3. The molecule has 4 heterocycles. The van der Waals surface area contributed by atoms with Crippen LogP contribution in [-0.2, 0) is 26.6 Å². The van der Waals surface area contributed by atoms with E-state index in [2.05, 4.69) is 14.9 Å². The number of furan rings is 1. The molecule has 0 aliphatic carbocycles. The van der Waals surface area contributed by atoms with Crippen LogP contribution in [-0.4, -0.2) is 30.8 Å². The Morgan fingerprint density at radius 1 is 1.13 bits per heavy atom. The lowest BCUT2D eigenvalue weighted by Crippen LogP contribution is -2.33. The minimum atomic E-state index is 0.0383. The Bertz CT molecular complexity index is 1240. The molecule has 1 aliphatic heterocycles. The molecule has 0 radical (unpaired) electrons. The zero-order valence-electron chi connectivity index (χ0n) is 17.1. The minimum Gasteiger partial charge on any atom is -0.461 e. The summed E-state index contributed by atoms with van der Waals surface area (Å²) in [6, 6.07) is 13.5. The Morgan fingerprint density at radius 3 is 2.73 bits per heavy atom. The first-order valence-corrected chi connectivity index (χ1v) is 10.1. The zero-order chi connectivity index (χ0) is 20.7. The molecule has 4 aromatic rings. The van der Waals surface area contributed by atoms with Gasteiger partial charge < -0.3 is 4.42 Å². The van der Waals surface area contributed by atoms with E-state index >= 15 is 0 Å². The van der Waals surface area contributed by atoms with Gasteiger partial charge in [0.15, 0.2) is 11.6 Å². The van der Waals surface area contributed by atoms with E-state index in [1.165, 1.54) is 0 Å². The van der Waals surface area contributed by atoms with Crippen LogP contribution in [0.3, 0.4) is 0 Å². The van der Waals surface area contributed by atoms with Gasteiger partial charge in [0.25, 0.3) is 5.56 Å². The summed E-state index contributed by atoms with van der Waals surface area (Å²) >= 11 is 0. The van der Waals surface area contributed by atoms with Gasteiger partial charge in [-0.05, 0) is 31.2 Å². The first kappa shape index (κ1) is 18.6. The first-order valence-electron chi connectivity index (χ1n) is 10.1. The third-order valence-electron chi connectivity index (χ3n) is 5.81. The maximum absolute atomic E-state index is 13.2. The molecule has 0 N–H and O–H groups in total. The van der Waals surface area contributed by atoms with Crippen LogP contribution in [0.25, 0.3) is 17.3 Å². The topological polar surface area (TPSA) is 69.1 Å². The number of nitrogens with zero attached hydrogens (tertiary/aromatic N) is 5. The SMILES string of the molecule is Cc1c(CN2CCc3nc(-c4ccco4)ncc3C2)c(=O)n(-c2ccccc2)n1C. The van der Waals surface area contributed by atoms with Gasteiger partial charge in [-0.1, -0.05) is 18.2 Å². The van der Waals surface area contributed by atoms with Crippen LogP contribution in [0.1, 0.15) is 22.5 Å². The molecule has 7 nitrogen and oxygen atoms in total. The Balaban J connectivity index is 1.40. The number of hydrogen-bond donors (Lipinski definition) is 0. The number of para-hydroxylation sites is 1. The molecule has 5 rings (SSSR count). The average Bonchev–Trinajstić information content (AvgIpc) is 3.38. The molecule has 1 aliphatic rings. The Hall–Kier alpha value is -3.45. The lowest BCUT2D eigenvalue weighted by molar-refractivity contribution is 0.241. The number of aromatic nitrogens is 4. The average molecular weight is 401 g/mol. The number of hydrogen-bond acceptors (Lipinski definition) is 5. The lowest BCUT2D eigenvalue weighted by atomic mass is 10.1. The monoisotopic (exact) mass is 401 g/mol. The standard InChI is InChI=1S/C23H23N5O2/c1-16-19(23(29)28(26(16)2)18-7-4-3-5-8-18)15-27-11-10-20-17(14-27)13-24-22(25-20)21-9-6-12-30-21/h3-9,12-13H,10-11,14-15H2,1-2H3. The third kappa shape index (κ3) is 3.17. The summed E-state index contributed by atoms with van der Waals surface area (Å²) < 4.78 is 9.08. The Morgan fingerprint density at radius 2 is 1.97 bits per heavy atom. The maximum Gasteiger partial charge on any atom is 0.276 e. The van der Waals surface area contributed by atoms with Gasteiger partial charge in [0, 0.05) is 50.6 Å². The van der Waals surface area contributed by atoms with Crippen molar-refractivity contribution in [3.8, 4) is 17.3 Å². The second kappa shape index (κ2) is 7.42. The predicted octanol–water partition coefficient (Wildman–Crippen LogP) is 3.09. The molecule has 0 amide bonds. The quantitative estimate of drug-likeness (QED) is 0.526. The highest BCUT2D eigenvalue weighted by Gasteiger charge is 2.23. The van der Waals surface area contributed by atoms with Crippen molar-refractivity contribution in [3.63, 3.8) is 0 Å². The fourth-order valence-corrected chi connectivity index (χ4v) is 4.06. The summed E-state index contributed by atoms with van der Waals surface area (Å²) in [6.45, 7) is 4.19. The summed E-state index contributed by atoms with van der Waals surface area (Å²) in [5.74, 6) is 1.30. The van der Waals surface area contributed by atoms with Crippen molar-refractivity contribution in [2.24, 2.45) is 7.05 Å². The molecule has 152 valence electrons. The third-order valence-corrected chi connectivity index (χ3v) is 5.81. The predicted molar refractivity (Wildman–Crippen MR) is 113 cm³/mol. The highest BCUT2D eigenvalue weighted by molar-refractivity contribution is 5.47. The first-order chi connectivity index (χ1) is 14.6. The van der Waals surface area contributed by atoms with Crippen LogP contribution in [0.2, 0.25) is 0 Å². The Kier molecular flexibility index (Phi) is 4.59. The van der Waals surface area contributed by atoms with Gasteiger partial charge in [-0.2, -0.15) is 0 Å². The zero-order valence-corrected chi connectivity index (χ0v) is 17.1. The van der Waals surface area contributed by atoms with E-state index in [9.17, 15) is 4.79 Å². The van der Waals surface area contributed by atoms with Gasteiger partial charge in [0.05, 0.1) is 23.2 Å². The molecule has 0 atom stereocenters. The van der Waals surface area contributed by atoms with Crippen molar-refractivity contribution in [1.29, 1.82) is 0 Å². The fraction of sp³-hybridized carbons (Fsp3) is 0.261. The molecule has 7 heteroatoms. The molecule has 0 fully saturated rings. The van der Waals surface area contributed by atoms with Gasteiger partial charge in [0.2, 0.25) is 0 Å². The van der Waals surface area contributed by atoms with Gasteiger partial charge in [-0.25, -0.2) is 14.6 Å². The van der Waals surface area contributed by atoms with Crippen LogP contribution < -0.4 is 5.56 Å². The van der Waals surface area contributed by atoms with Crippen molar-refractivity contribution >= 4 is 0 Å². The van der Waals surface area contributed by atoms with E-state index in [1.54, 1.807) is 10.9 Å². The number of benzene rings is 1. The van der Waals surface area contributed by atoms with E-state index in [4.69, 9.17) is 4.42 Å². The summed E-state index contributed by atoms with van der Waals surface area (Å²) in [5.41, 5.74) is 4.89. The molecule has 1 aromatic carbocycles. The molecule has 3 aromatic heterocycles. The maximum atomic E-state index is 13.2. The van der Waals surface area contributed by atoms with Crippen LogP contribution >= 0.6 is 0 Å².